The quantitative estimate of drug-likeness (QED) is 0.296. The first-order valence-electron chi connectivity index (χ1n) is 9.41. The van der Waals surface area contributed by atoms with Crippen LogP contribution in [0, 0.1) is 5.41 Å². The van der Waals surface area contributed by atoms with Crippen LogP contribution >= 0.6 is 34.5 Å². The van der Waals surface area contributed by atoms with Crippen LogP contribution in [0.15, 0.2) is 40.6 Å². The average molecular weight is 513 g/mol. The van der Waals surface area contributed by atoms with Gasteiger partial charge in [-0.1, -0.05) is 23.2 Å². The molecule has 1 saturated heterocycles. The van der Waals surface area contributed by atoms with E-state index in [1.165, 1.54) is 35.2 Å². The average Bonchev–Trinajstić information content (AvgIpc) is 3.29. The van der Waals surface area contributed by atoms with Crippen LogP contribution in [0.5, 0.6) is 5.75 Å². The number of amidine groups is 1. The second-order valence-electron chi connectivity index (χ2n) is 7.34. The summed E-state index contributed by atoms with van der Waals surface area (Å²) < 4.78 is 29.0. The number of amides is 1. The number of nitrogen functional groups attached to an aromatic ring is 1. The van der Waals surface area contributed by atoms with E-state index in [0.717, 1.165) is 11.3 Å². The lowest BCUT2D eigenvalue weighted by Crippen LogP contribution is -2.41. The van der Waals surface area contributed by atoms with Crippen LogP contribution in [-0.4, -0.2) is 42.8 Å². The Balaban J connectivity index is 1.51. The normalized spacial score (nSPS) is 16.8. The Labute approximate surface area is 198 Å². The van der Waals surface area contributed by atoms with E-state index in [9.17, 15) is 18.3 Å². The summed E-state index contributed by atoms with van der Waals surface area (Å²) in [5.74, 6) is -0.592. The number of carbonyl (C=O) groups is 1. The van der Waals surface area contributed by atoms with E-state index >= 15 is 0 Å². The van der Waals surface area contributed by atoms with E-state index in [-0.39, 0.29) is 28.8 Å². The highest BCUT2D eigenvalue weighted by atomic mass is 35.5. The van der Waals surface area contributed by atoms with E-state index in [1.54, 1.807) is 6.07 Å². The van der Waals surface area contributed by atoms with Crippen LogP contribution in [0.4, 0.5) is 0 Å². The maximum absolute atomic E-state index is 12.9. The van der Waals surface area contributed by atoms with E-state index in [4.69, 9.17) is 34.3 Å². The molecule has 0 unspecified atom stereocenters. The van der Waals surface area contributed by atoms with Crippen molar-refractivity contribution in [2.24, 2.45) is 5.73 Å². The Morgan fingerprint density at radius 1 is 1.28 bits per heavy atom. The van der Waals surface area contributed by atoms with Gasteiger partial charge in [-0.25, -0.2) is 8.42 Å². The molecular weight excluding hydrogens is 495 g/mol. The van der Waals surface area contributed by atoms with Crippen LogP contribution in [0.1, 0.15) is 17.5 Å². The standard InChI is InChI=1S/C20H18Cl2N4O4S2/c21-12-6-14(22)13-8-18(31-17(13)7-12)32(29,30)25-15-3-4-26(20(15)28)9-11-5-10(19(23)24)1-2-16(11)27/h1-2,5-8,15,25,27H,3-4,9H2,(H3,23,24)/t15-/m0/s1. The van der Waals surface area contributed by atoms with Crippen molar-refractivity contribution < 1.29 is 18.3 Å². The molecule has 1 amide bonds. The number of carbonyl (C=O) groups excluding carboxylic acids is 1. The van der Waals surface area contributed by atoms with Crippen LogP contribution in [0.3, 0.4) is 0 Å². The third kappa shape index (κ3) is 4.41. The number of thiophene rings is 1. The molecule has 2 aromatic carbocycles. The Morgan fingerprint density at radius 2 is 2.03 bits per heavy atom. The van der Waals surface area contributed by atoms with Crippen molar-refractivity contribution in [1.29, 1.82) is 5.41 Å². The van der Waals surface area contributed by atoms with Crippen molar-refractivity contribution in [3.05, 3.63) is 57.6 Å². The number of rotatable bonds is 6. The van der Waals surface area contributed by atoms with Gasteiger partial charge in [-0.3, -0.25) is 10.2 Å². The van der Waals surface area contributed by atoms with Gasteiger partial charge in [0.15, 0.2) is 0 Å². The van der Waals surface area contributed by atoms with Gasteiger partial charge in [0.2, 0.25) is 5.91 Å². The lowest BCUT2D eigenvalue weighted by molar-refractivity contribution is -0.129. The zero-order chi connectivity index (χ0) is 23.2. The molecule has 8 nitrogen and oxygen atoms in total. The van der Waals surface area contributed by atoms with Gasteiger partial charge in [0.25, 0.3) is 10.0 Å². The third-order valence-electron chi connectivity index (χ3n) is 5.14. The number of nitrogens with one attached hydrogen (secondary N) is 2. The third-order valence-corrected chi connectivity index (χ3v) is 8.70. The van der Waals surface area contributed by atoms with Crippen molar-refractivity contribution in [3.8, 4) is 5.75 Å². The van der Waals surface area contributed by atoms with Gasteiger partial charge in [-0.15, -0.1) is 11.3 Å². The zero-order valence-corrected chi connectivity index (χ0v) is 19.6. The van der Waals surface area contributed by atoms with Crippen LogP contribution < -0.4 is 10.5 Å². The van der Waals surface area contributed by atoms with Gasteiger partial charge in [0, 0.05) is 39.3 Å². The summed E-state index contributed by atoms with van der Waals surface area (Å²) in [6.07, 6.45) is 0.280. The van der Waals surface area contributed by atoms with Crippen LogP contribution in [0.2, 0.25) is 10.0 Å². The highest BCUT2D eigenvalue weighted by molar-refractivity contribution is 7.91. The molecule has 3 aromatic rings. The second kappa shape index (κ2) is 8.53. The molecule has 2 heterocycles. The summed E-state index contributed by atoms with van der Waals surface area (Å²) in [5.41, 5.74) is 6.33. The number of hydrogen-bond acceptors (Lipinski definition) is 6. The van der Waals surface area contributed by atoms with E-state index in [2.05, 4.69) is 4.72 Å². The van der Waals surface area contributed by atoms with E-state index in [1.807, 2.05) is 0 Å². The minimum atomic E-state index is -3.97. The number of nitrogens with zero attached hydrogens (tertiary/aromatic N) is 1. The van der Waals surface area contributed by atoms with Gasteiger partial charge < -0.3 is 15.7 Å². The molecule has 0 saturated carbocycles. The minimum absolute atomic E-state index is 0.0346. The molecule has 1 aliphatic heterocycles. The van der Waals surface area contributed by atoms with Gasteiger partial charge >= 0.3 is 0 Å². The maximum Gasteiger partial charge on any atom is 0.250 e. The van der Waals surface area contributed by atoms with Crippen molar-refractivity contribution >= 4 is 66.4 Å². The summed E-state index contributed by atoms with van der Waals surface area (Å²) in [6, 6.07) is 8.16. The summed E-state index contributed by atoms with van der Waals surface area (Å²) >= 11 is 13.2. The Bertz CT molecular complexity index is 1360. The number of fused-ring (bicyclic) bond motifs is 1. The fourth-order valence-electron chi connectivity index (χ4n) is 3.51. The predicted octanol–water partition coefficient (Wildman–Crippen LogP) is 3.28. The van der Waals surface area contributed by atoms with Crippen molar-refractivity contribution in [2.75, 3.05) is 6.54 Å². The molecule has 0 spiro atoms. The Kier molecular flexibility index (Phi) is 6.08. The molecule has 1 aliphatic rings. The maximum atomic E-state index is 12.9. The van der Waals surface area contributed by atoms with Gasteiger partial charge in [-0.2, -0.15) is 4.72 Å². The SMILES string of the molecule is N=C(N)c1ccc(O)c(CN2CC[C@H](NS(=O)(=O)c3cc4c(Cl)cc(Cl)cc4s3)C2=O)c1. The summed E-state index contributed by atoms with van der Waals surface area (Å²) in [5, 5.41) is 18.9. The molecule has 168 valence electrons. The van der Waals surface area contributed by atoms with Crippen LogP contribution in [0.25, 0.3) is 10.1 Å². The van der Waals surface area contributed by atoms with Crippen molar-refractivity contribution in [1.82, 2.24) is 9.62 Å². The number of likely N-dealkylation sites (tertiary alicyclic amines) is 1. The molecule has 4 rings (SSSR count). The lowest BCUT2D eigenvalue weighted by Gasteiger charge is -2.18. The molecule has 1 fully saturated rings. The largest absolute Gasteiger partial charge is 0.508 e. The van der Waals surface area contributed by atoms with Crippen LogP contribution in [-0.2, 0) is 21.4 Å². The molecular formula is C20H18Cl2N4O4S2. The second-order valence-corrected chi connectivity index (χ2v) is 11.2. The summed E-state index contributed by atoms with van der Waals surface area (Å²) in [6.45, 7) is 0.380. The lowest BCUT2D eigenvalue weighted by atomic mass is 10.1. The van der Waals surface area contributed by atoms with Crippen molar-refractivity contribution in [3.63, 3.8) is 0 Å². The number of halogens is 2. The molecule has 0 aliphatic carbocycles. The van der Waals surface area contributed by atoms with E-state index in [0.29, 0.717) is 37.8 Å². The molecule has 5 N–H and O–H groups in total. The summed E-state index contributed by atoms with van der Waals surface area (Å²) in [4.78, 5) is 14.3. The zero-order valence-electron chi connectivity index (χ0n) is 16.4. The smallest absolute Gasteiger partial charge is 0.250 e. The first kappa shape index (κ1) is 22.8. The first-order valence-corrected chi connectivity index (χ1v) is 12.5. The molecule has 1 atom stereocenters. The van der Waals surface area contributed by atoms with Crippen molar-refractivity contribution in [2.45, 2.75) is 23.2 Å². The number of aromatic hydroxyl groups is 1. The molecule has 1 aromatic heterocycles. The first-order chi connectivity index (χ1) is 15.0. The predicted molar refractivity (Wildman–Crippen MR) is 125 cm³/mol. The number of phenols is 1. The number of nitrogens with two attached hydrogens (primary N) is 1. The fraction of sp³-hybridized carbons (Fsp3) is 0.200. The number of phenolic OH excluding ortho intramolecular Hbond substituents is 1. The van der Waals surface area contributed by atoms with Gasteiger partial charge in [-0.05, 0) is 42.8 Å². The van der Waals surface area contributed by atoms with Gasteiger partial charge in [0.1, 0.15) is 21.8 Å². The number of benzene rings is 2. The molecule has 0 bridgehead atoms. The monoisotopic (exact) mass is 512 g/mol. The summed E-state index contributed by atoms with van der Waals surface area (Å²) in [7, 11) is -3.97. The van der Waals surface area contributed by atoms with E-state index < -0.39 is 22.0 Å². The Hall–Kier alpha value is -2.37. The minimum Gasteiger partial charge on any atom is -0.508 e. The highest BCUT2D eigenvalue weighted by Crippen LogP contribution is 2.36. The fourth-order valence-corrected chi connectivity index (χ4v) is 6.87. The number of sulfonamides is 1. The number of hydrogen-bond donors (Lipinski definition) is 4. The highest BCUT2D eigenvalue weighted by Gasteiger charge is 2.35. The molecule has 32 heavy (non-hydrogen) atoms. The van der Waals surface area contributed by atoms with Gasteiger partial charge in [0.05, 0.1) is 5.02 Å². The topological polar surface area (TPSA) is 137 Å². The Morgan fingerprint density at radius 3 is 2.75 bits per heavy atom. The molecule has 12 heteroatoms. The molecule has 0 radical (unpaired) electrons.